The quantitative estimate of drug-likeness (QED) is 0.622. The Kier molecular flexibility index (Phi) is 5.35. The highest BCUT2D eigenvalue weighted by Gasteiger charge is 2.03. The lowest BCUT2D eigenvalue weighted by atomic mass is 10.1. The van der Waals surface area contributed by atoms with Crippen molar-refractivity contribution >= 4 is 11.5 Å². The summed E-state index contributed by atoms with van der Waals surface area (Å²) in [6.45, 7) is 3.72. The van der Waals surface area contributed by atoms with Gasteiger partial charge in [-0.15, -0.1) is 0 Å². The standard InChI is InChI=1S/C17H19NO3/c1-13(19)15-8-10-16(11-9-15)18-12-20-14(2)21-17-6-4-3-5-7-17/h3-11,14,18H,12H2,1-2H3. The fourth-order valence-corrected chi connectivity index (χ4v) is 1.79. The Morgan fingerprint density at radius 3 is 2.38 bits per heavy atom. The summed E-state index contributed by atoms with van der Waals surface area (Å²) in [6.07, 6.45) is -0.351. The zero-order chi connectivity index (χ0) is 15.1. The molecule has 4 nitrogen and oxygen atoms in total. The third-order valence-electron chi connectivity index (χ3n) is 2.93. The zero-order valence-corrected chi connectivity index (χ0v) is 12.2. The number of rotatable bonds is 7. The van der Waals surface area contributed by atoms with Crippen molar-refractivity contribution in [1.82, 2.24) is 0 Å². The van der Waals surface area contributed by atoms with Gasteiger partial charge in [-0.25, -0.2) is 0 Å². The highest BCUT2D eigenvalue weighted by molar-refractivity contribution is 5.94. The number of hydrogen-bond acceptors (Lipinski definition) is 4. The van der Waals surface area contributed by atoms with Crippen molar-refractivity contribution in [3.8, 4) is 5.75 Å². The molecule has 110 valence electrons. The van der Waals surface area contributed by atoms with E-state index in [1.54, 1.807) is 19.1 Å². The van der Waals surface area contributed by atoms with E-state index in [9.17, 15) is 4.79 Å². The molecule has 2 aromatic carbocycles. The minimum Gasteiger partial charge on any atom is -0.465 e. The molecule has 0 saturated carbocycles. The molecule has 0 aliphatic carbocycles. The number of anilines is 1. The van der Waals surface area contributed by atoms with E-state index >= 15 is 0 Å². The zero-order valence-electron chi connectivity index (χ0n) is 12.2. The summed E-state index contributed by atoms with van der Waals surface area (Å²) in [5.74, 6) is 0.832. The van der Waals surface area contributed by atoms with Crippen LogP contribution in [0.1, 0.15) is 24.2 Å². The molecule has 0 spiro atoms. The van der Waals surface area contributed by atoms with Crippen LogP contribution < -0.4 is 10.1 Å². The first-order valence-electron chi connectivity index (χ1n) is 6.83. The van der Waals surface area contributed by atoms with Crippen molar-refractivity contribution in [3.63, 3.8) is 0 Å². The summed E-state index contributed by atoms with van der Waals surface area (Å²) < 4.78 is 11.1. The van der Waals surface area contributed by atoms with Crippen LogP contribution in [0.5, 0.6) is 5.75 Å². The molecule has 1 N–H and O–H groups in total. The van der Waals surface area contributed by atoms with Gasteiger partial charge in [-0.2, -0.15) is 0 Å². The number of benzene rings is 2. The number of ether oxygens (including phenoxy) is 2. The minimum atomic E-state index is -0.351. The topological polar surface area (TPSA) is 47.6 Å². The molecule has 1 unspecified atom stereocenters. The summed E-state index contributed by atoms with van der Waals surface area (Å²) in [7, 11) is 0. The van der Waals surface area contributed by atoms with E-state index in [-0.39, 0.29) is 12.1 Å². The first-order chi connectivity index (χ1) is 10.1. The van der Waals surface area contributed by atoms with Gasteiger partial charge >= 0.3 is 0 Å². The average molecular weight is 285 g/mol. The molecule has 0 aliphatic heterocycles. The lowest BCUT2D eigenvalue weighted by molar-refractivity contribution is -0.0591. The van der Waals surface area contributed by atoms with E-state index in [2.05, 4.69) is 5.32 Å². The molecule has 0 saturated heterocycles. The SMILES string of the molecule is CC(=O)c1ccc(NCOC(C)Oc2ccccc2)cc1. The predicted molar refractivity (Wildman–Crippen MR) is 82.6 cm³/mol. The summed E-state index contributed by atoms with van der Waals surface area (Å²) in [4.78, 5) is 11.2. The van der Waals surface area contributed by atoms with Crippen LogP contribution in [0, 0.1) is 0 Å². The Morgan fingerprint density at radius 1 is 1.10 bits per heavy atom. The van der Waals surface area contributed by atoms with Gasteiger partial charge in [0.1, 0.15) is 12.5 Å². The number of hydrogen-bond donors (Lipinski definition) is 1. The largest absolute Gasteiger partial charge is 0.465 e. The fraction of sp³-hybridized carbons (Fsp3) is 0.235. The molecule has 0 bridgehead atoms. The number of Topliss-reactive ketones (excluding diaryl/α,β-unsaturated/α-hetero) is 1. The maximum atomic E-state index is 11.2. The van der Waals surface area contributed by atoms with Crippen LogP contribution in [-0.2, 0) is 4.74 Å². The lowest BCUT2D eigenvalue weighted by Crippen LogP contribution is -2.20. The normalized spacial score (nSPS) is 11.7. The first kappa shape index (κ1) is 15.1. The molecule has 2 rings (SSSR count). The molecular formula is C17H19NO3. The maximum Gasteiger partial charge on any atom is 0.198 e. The van der Waals surface area contributed by atoms with Crippen molar-refractivity contribution in [2.45, 2.75) is 20.1 Å². The smallest absolute Gasteiger partial charge is 0.198 e. The van der Waals surface area contributed by atoms with Crippen LogP contribution in [-0.4, -0.2) is 18.8 Å². The van der Waals surface area contributed by atoms with E-state index in [4.69, 9.17) is 9.47 Å². The fourth-order valence-electron chi connectivity index (χ4n) is 1.79. The van der Waals surface area contributed by atoms with Gasteiger partial charge in [-0.05, 0) is 50.2 Å². The molecule has 4 heteroatoms. The Labute approximate surface area is 124 Å². The second-order valence-corrected chi connectivity index (χ2v) is 4.62. The summed E-state index contributed by atoms with van der Waals surface area (Å²) in [6, 6.07) is 16.8. The Morgan fingerprint density at radius 2 is 1.76 bits per heavy atom. The van der Waals surface area contributed by atoms with Crippen molar-refractivity contribution in [2.24, 2.45) is 0 Å². The molecule has 0 aromatic heterocycles. The van der Waals surface area contributed by atoms with Gasteiger partial charge in [0.2, 0.25) is 0 Å². The van der Waals surface area contributed by atoms with E-state index in [0.29, 0.717) is 12.3 Å². The summed E-state index contributed by atoms with van der Waals surface area (Å²) in [5.41, 5.74) is 1.59. The highest BCUT2D eigenvalue weighted by atomic mass is 16.7. The van der Waals surface area contributed by atoms with Gasteiger partial charge in [0.05, 0.1) is 0 Å². The number of carbonyl (C=O) groups excluding carboxylic acids is 1. The van der Waals surface area contributed by atoms with Gasteiger partial charge in [0.15, 0.2) is 12.1 Å². The van der Waals surface area contributed by atoms with E-state index < -0.39 is 0 Å². The van der Waals surface area contributed by atoms with Crippen LogP contribution in [0.25, 0.3) is 0 Å². The van der Waals surface area contributed by atoms with Crippen molar-refractivity contribution < 1.29 is 14.3 Å². The Bertz CT molecular complexity index is 566. The summed E-state index contributed by atoms with van der Waals surface area (Å²) >= 11 is 0. The number of nitrogens with one attached hydrogen (secondary N) is 1. The van der Waals surface area contributed by atoms with Crippen LogP contribution in [0.15, 0.2) is 54.6 Å². The van der Waals surface area contributed by atoms with Gasteiger partial charge in [-0.1, -0.05) is 18.2 Å². The van der Waals surface area contributed by atoms with E-state index in [1.165, 1.54) is 0 Å². The number of carbonyl (C=O) groups is 1. The van der Waals surface area contributed by atoms with Crippen LogP contribution >= 0.6 is 0 Å². The molecule has 0 amide bonds. The summed E-state index contributed by atoms with van der Waals surface area (Å²) in [5, 5.41) is 3.11. The average Bonchev–Trinajstić information content (AvgIpc) is 2.49. The van der Waals surface area contributed by atoms with Gasteiger partial charge in [0.25, 0.3) is 0 Å². The van der Waals surface area contributed by atoms with Gasteiger partial charge in [0, 0.05) is 11.3 Å². The number of para-hydroxylation sites is 1. The van der Waals surface area contributed by atoms with Crippen LogP contribution in [0.2, 0.25) is 0 Å². The molecule has 0 radical (unpaired) electrons. The second kappa shape index (κ2) is 7.45. The first-order valence-corrected chi connectivity index (χ1v) is 6.83. The van der Waals surface area contributed by atoms with Crippen LogP contribution in [0.3, 0.4) is 0 Å². The molecule has 21 heavy (non-hydrogen) atoms. The molecule has 1 atom stereocenters. The third-order valence-corrected chi connectivity index (χ3v) is 2.93. The molecule has 0 fully saturated rings. The Balaban J connectivity index is 1.74. The molecule has 0 heterocycles. The number of ketones is 1. The van der Waals surface area contributed by atoms with Gasteiger partial charge in [-0.3, -0.25) is 4.79 Å². The molecule has 0 aliphatic rings. The van der Waals surface area contributed by atoms with Crippen molar-refractivity contribution in [1.29, 1.82) is 0 Å². The van der Waals surface area contributed by atoms with Gasteiger partial charge < -0.3 is 14.8 Å². The van der Waals surface area contributed by atoms with Crippen molar-refractivity contribution in [2.75, 3.05) is 12.0 Å². The third kappa shape index (κ3) is 4.93. The Hall–Kier alpha value is -2.33. The molecule has 2 aromatic rings. The van der Waals surface area contributed by atoms with Crippen molar-refractivity contribution in [3.05, 3.63) is 60.2 Å². The van der Waals surface area contributed by atoms with E-state index in [1.807, 2.05) is 49.4 Å². The minimum absolute atomic E-state index is 0.0580. The predicted octanol–water partition coefficient (Wildman–Crippen LogP) is 3.70. The lowest BCUT2D eigenvalue weighted by Gasteiger charge is -2.16. The second-order valence-electron chi connectivity index (χ2n) is 4.62. The molecular weight excluding hydrogens is 266 g/mol. The highest BCUT2D eigenvalue weighted by Crippen LogP contribution is 2.12. The van der Waals surface area contributed by atoms with E-state index in [0.717, 1.165) is 11.4 Å². The maximum absolute atomic E-state index is 11.2. The monoisotopic (exact) mass is 285 g/mol. The van der Waals surface area contributed by atoms with Crippen LogP contribution in [0.4, 0.5) is 5.69 Å².